The Morgan fingerprint density at radius 1 is 1.60 bits per heavy atom. The summed E-state index contributed by atoms with van der Waals surface area (Å²) in [5.74, 6) is -0.904. The van der Waals surface area contributed by atoms with Gasteiger partial charge in [-0.2, -0.15) is 5.10 Å². The lowest BCUT2D eigenvalue weighted by Crippen LogP contribution is -2.34. The monoisotopic (exact) mass is 210 g/mol. The van der Waals surface area contributed by atoms with Gasteiger partial charge in [0.1, 0.15) is 5.69 Å². The summed E-state index contributed by atoms with van der Waals surface area (Å²) in [5, 5.41) is 6.53. The summed E-state index contributed by atoms with van der Waals surface area (Å²) in [7, 11) is 0. The van der Waals surface area contributed by atoms with E-state index in [1.54, 1.807) is 17.7 Å². The van der Waals surface area contributed by atoms with E-state index in [4.69, 9.17) is 5.73 Å². The second kappa shape index (κ2) is 4.59. The molecule has 0 spiro atoms. The molecule has 0 bridgehead atoms. The molecule has 0 aliphatic carbocycles. The van der Waals surface area contributed by atoms with Crippen LogP contribution in [0.5, 0.6) is 0 Å². The topological polar surface area (TPSA) is 90.0 Å². The van der Waals surface area contributed by atoms with Crippen molar-refractivity contribution in [1.82, 2.24) is 15.1 Å². The third-order valence-electron chi connectivity index (χ3n) is 1.86. The van der Waals surface area contributed by atoms with Gasteiger partial charge >= 0.3 is 0 Å². The van der Waals surface area contributed by atoms with Gasteiger partial charge in [0.15, 0.2) is 0 Å². The zero-order valence-electron chi connectivity index (χ0n) is 8.78. The maximum atomic E-state index is 11.6. The summed E-state index contributed by atoms with van der Waals surface area (Å²) in [6.07, 6.45) is 0. The van der Waals surface area contributed by atoms with Gasteiger partial charge in [-0.25, -0.2) is 0 Å². The summed E-state index contributed by atoms with van der Waals surface area (Å²) in [6.45, 7) is 4.13. The number of hydrogen-bond donors (Lipinski definition) is 2. The lowest BCUT2D eigenvalue weighted by Gasteiger charge is -2.04. The molecule has 0 radical (unpaired) electrons. The van der Waals surface area contributed by atoms with E-state index in [0.717, 1.165) is 5.69 Å². The molecule has 0 unspecified atom stereocenters. The fourth-order valence-corrected chi connectivity index (χ4v) is 1.23. The quantitative estimate of drug-likeness (QED) is 0.697. The van der Waals surface area contributed by atoms with Crippen molar-refractivity contribution in [3.8, 4) is 0 Å². The van der Waals surface area contributed by atoms with Crippen molar-refractivity contribution < 1.29 is 9.59 Å². The first-order valence-corrected chi connectivity index (χ1v) is 4.65. The van der Waals surface area contributed by atoms with Gasteiger partial charge in [-0.1, -0.05) is 0 Å². The molecule has 0 atom stereocenters. The van der Waals surface area contributed by atoms with E-state index in [0.29, 0.717) is 12.2 Å². The fourth-order valence-electron chi connectivity index (χ4n) is 1.23. The second-order valence-electron chi connectivity index (χ2n) is 3.14. The Hall–Kier alpha value is -1.85. The van der Waals surface area contributed by atoms with Gasteiger partial charge in [-0.15, -0.1) is 0 Å². The summed E-state index contributed by atoms with van der Waals surface area (Å²) < 4.78 is 1.58. The van der Waals surface area contributed by atoms with Crippen molar-refractivity contribution in [2.75, 3.05) is 6.54 Å². The van der Waals surface area contributed by atoms with Gasteiger partial charge < -0.3 is 11.1 Å². The molecule has 1 aromatic rings. The molecule has 15 heavy (non-hydrogen) atoms. The molecule has 82 valence electrons. The van der Waals surface area contributed by atoms with Crippen LogP contribution in [-0.2, 0) is 11.3 Å². The first-order chi connectivity index (χ1) is 7.04. The van der Waals surface area contributed by atoms with E-state index >= 15 is 0 Å². The largest absolute Gasteiger partial charge is 0.368 e. The highest BCUT2D eigenvalue weighted by atomic mass is 16.2. The Balaban J connectivity index is 2.76. The number of carbonyl (C=O) groups excluding carboxylic acids is 2. The van der Waals surface area contributed by atoms with E-state index in [1.807, 2.05) is 6.92 Å². The molecule has 0 aliphatic rings. The summed E-state index contributed by atoms with van der Waals surface area (Å²) in [6, 6.07) is 1.67. The van der Waals surface area contributed by atoms with Gasteiger partial charge in [-0.3, -0.25) is 14.3 Å². The van der Waals surface area contributed by atoms with Gasteiger partial charge in [0.2, 0.25) is 5.91 Å². The van der Waals surface area contributed by atoms with Crippen LogP contribution >= 0.6 is 0 Å². The lowest BCUT2D eigenvalue weighted by molar-refractivity contribution is -0.117. The van der Waals surface area contributed by atoms with Crippen LogP contribution in [0.1, 0.15) is 23.1 Å². The molecule has 3 N–H and O–H groups in total. The molecule has 1 rings (SSSR count). The van der Waals surface area contributed by atoms with Crippen molar-refractivity contribution >= 4 is 11.8 Å². The highest BCUT2D eigenvalue weighted by molar-refractivity contribution is 5.94. The van der Waals surface area contributed by atoms with Crippen molar-refractivity contribution in [3.63, 3.8) is 0 Å². The third kappa shape index (κ3) is 2.80. The highest BCUT2D eigenvalue weighted by Gasteiger charge is 2.12. The Morgan fingerprint density at radius 2 is 2.27 bits per heavy atom. The SMILES string of the molecule is CCn1nc(C)cc1C(=O)NCC(N)=O. The van der Waals surface area contributed by atoms with Crippen LogP contribution in [0.25, 0.3) is 0 Å². The van der Waals surface area contributed by atoms with Crippen LogP contribution in [0.2, 0.25) is 0 Å². The highest BCUT2D eigenvalue weighted by Crippen LogP contribution is 2.03. The predicted molar refractivity (Wildman–Crippen MR) is 54.2 cm³/mol. The maximum absolute atomic E-state index is 11.6. The molecule has 0 aliphatic heterocycles. The molecule has 0 fully saturated rings. The van der Waals surface area contributed by atoms with Gasteiger partial charge in [0.25, 0.3) is 5.91 Å². The van der Waals surface area contributed by atoms with Crippen molar-refractivity contribution in [3.05, 3.63) is 17.5 Å². The van der Waals surface area contributed by atoms with Gasteiger partial charge in [-0.05, 0) is 19.9 Å². The number of nitrogens with zero attached hydrogens (tertiary/aromatic N) is 2. The second-order valence-corrected chi connectivity index (χ2v) is 3.14. The number of rotatable bonds is 4. The van der Waals surface area contributed by atoms with Crippen molar-refractivity contribution in [2.45, 2.75) is 20.4 Å². The molecule has 6 nitrogen and oxygen atoms in total. The van der Waals surface area contributed by atoms with Gasteiger partial charge in [0.05, 0.1) is 12.2 Å². The Bertz CT molecular complexity index is 383. The number of nitrogens with two attached hydrogens (primary N) is 1. The number of carbonyl (C=O) groups is 2. The van der Waals surface area contributed by atoms with Crippen LogP contribution in [0.15, 0.2) is 6.07 Å². The minimum Gasteiger partial charge on any atom is -0.368 e. The van der Waals surface area contributed by atoms with Crippen LogP contribution < -0.4 is 11.1 Å². The maximum Gasteiger partial charge on any atom is 0.269 e. The van der Waals surface area contributed by atoms with Crippen LogP contribution in [0.4, 0.5) is 0 Å². The molecule has 1 heterocycles. The molecule has 2 amide bonds. The normalized spacial score (nSPS) is 10.0. The zero-order chi connectivity index (χ0) is 11.4. The Morgan fingerprint density at radius 3 is 2.80 bits per heavy atom. The number of nitrogens with one attached hydrogen (secondary N) is 1. The molecular formula is C9H14N4O2. The minimum absolute atomic E-state index is 0.160. The van der Waals surface area contributed by atoms with Crippen LogP contribution in [0, 0.1) is 6.92 Å². The van der Waals surface area contributed by atoms with E-state index in [-0.39, 0.29) is 12.5 Å². The summed E-state index contributed by atoms with van der Waals surface area (Å²) in [5.41, 5.74) is 6.12. The van der Waals surface area contributed by atoms with Gasteiger partial charge in [0, 0.05) is 6.54 Å². The molecule has 0 aromatic carbocycles. The third-order valence-corrected chi connectivity index (χ3v) is 1.86. The van der Waals surface area contributed by atoms with E-state index < -0.39 is 5.91 Å². The van der Waals surface area contributed by atoms with Crippen molar-refractivity contribution in [1.29, 1.82) is 0 Å². The number of amides is 2. The number of primary amides is 1. The van der Waals surface area contributed by atoms with E-state index in [1.165, 1.54) is 0 Å². The average Bonchev–Trinajstić information content (AvgIpc) is 2.56. The summed E-state index contributed by atoms with van der Waals surface area (Å²) >= 11 is 0. The van der Waals surface area contributed by atoms with Crippen molar-refractivity contribution in [2.24, 2.45) is 5.73 Å². The van der Waals surface area contributed by atoms with Crippen LogP contribution in [-0.4, -0.2) is 28.1 Å². The zero-order valence-corrected chi connectivity index (χ0v) is 8.78. The lowest BCUT2D eigenvalue weighted by atomic mass is 10.3. The first-order valence-electron chi connectivity index (χ1n) is 4.65. The first kappa shape index (κ1) is 11.2. The van der Waals surface area contributed by atoms with E-state index in [2.05, 4.69) is 10.4 Å². The molecule has 0 saturated heterocycles. The molecule has 1 aromatic heterocycles. The molecule has 0 saturated carbocycles. The Labute approximate surface area is 87.4 Å². The summed E-state index contributed by atoms with van der Waals surface area (Å²) in [4.78, 5) is 22.0. The molecular weight excluding hydrogens is 196 g/mol. The van der Waals surface area contributed by atoms with Crippen LogP contribution in [0.3, 0.4) is 0 Å². The number of hydrogen-bond acceptors (Lipinski definition) is 3. The number of aromatic nitrogens is 2. The predicted octanol–water partition coefficient (Wildman–Crippen LogP) is -0.573. The minimum atomic E-state index is -0.567. The molecule has 6 heteroatoms. The fraction of sp³-hybridized carbons (Fsp3) is 0.444. The number of aryl methyl sites for hydroxylation is 2. The average molecular weight is 210 g/mol. The smallest absolute Gasteiger partial charge is 0.269 e. The Kier molecular flexibility index (Phi) is 3.43. The van der Waals surface area contributed by atoms with E-state index in [9.17, 15) is 9.59 Å². The standard InChI is InChI=1S/C9H14N4O2/c1-3-13-7(4-6(2)12-13)9(15)11-5-8(10)14/h4H,3,5H2,1-2H3,(H2,10,14)(H,11,15).